The van der Waals surface area contributed by atoms with E-state index in [1.165, 1.54) is 24.0 Å². The summed E-state index contributed by atoms with van der Waals surface area (Å²) < 4.78 is 1.60. The van der Waals surface area contributed by atoms with Crippen LogP contribution in [0.25, 0.3) is 16.7 Å². The Morgan fingerprint density at radius 2 is 1.85 bits per heavy atom. The van der Waals surface area contributed by atoms with E-state index in [2.05, 4.69) is 15.1 Å². The quantitative estimate of drug-likeness (QED) is 0.247. The van der Waals surface area contributed by atoms with Crippen LogP contribution in [0.1, 0.15) is 5.56 Å². The number of aromatic nitrogens is 4. The number of fused-ring (bicyclic) bond motifs is 1. The third-order valence-corrected chi connectivity index (χ3v) is 4.89. The third kappa shape index (κ3) is 3.32. The lowest BCUT2D eigenvalue weighted by Gasteiger charge is -2.05. The fraction of sp³-hybridized carbons (Fsp3) is 0.0556. The lowest BCUT2D eigenvalue weighted by molar-refractivity contribution is -0.385. The molecule has 27 heavy (non-hydrogen) atoms. The zero-order valence-electron chi connectivity index (χ0n) is 13.9. The Balaban J connectivity index is 1.69. The zero-order valence-corrected chi connectivity index (χ0v) is 14.7. The van der Waals surface area contributed by atoms with Gasteiger partial charge in [0.1, 0.15) is 5.39 Å². The normalized spacial score (nSPS) is 11.0. The first-order chi connectivity index (χ1) is 13.1. The van der Waals surface area contributed by atoms with Crippen LogP contribution in [0.5, 0.6) is 0 Å². The molecule has 4 aromatic rings. The molecule has 0 saturated heterocycles. The van der Waals surface area contributed by atoms with E-state index in [4.69, 9.17) is 0 Å². The molecule has 9 heteroatoms. The van der Waals surface area contributed by atoms with Gasteiger partial charge in [-0.3, -0.25) is 14.9 Å². The van der Waals surface area contributed by atoms with Crippen molar-refractivity contribution in [2.24, 2.45) is 0 Å². The van der Waals surface area contributed by atoms with Gasteiger partial charge in [-0.2, -0.15) is 5.10 Å². The summed E-state index contributed by atoms with van der Waals surface area (Å²) >= 11 is 1.23. The van der Waals surface area contributed by atoms with Crippen molar-refractivity contribution < 1.29 is 4.92 Å². The molecule has 0 aliphatic heterocycles. The van der Waals surface area contributed by atoms with Gasteiger partial charge in [0.15, 0.2) is 10.8 Å². The van der Waals surface area contributed by atoms with Crippen LogP contribution in [0.15, 0.2) is 70.7 Å². The van der Waals surface area contributed by atoms with Gasteiger partial charge in [-0.25, -0.2) is 9.67 Å². The molecule has 0 atom stereocenters. The molecule has 2 aromatic carbocycles. The summed E-state index contributed by atoms with van der Waals surface area (Å²) in [6, 6.07) is 15.9. The molecule has 0 fully saturated rings. The molecule has 1 N–H and O–H groups in total. The molecule has 0 spiro atoms. The van der Waals surface area contributed by atoms with Gasteiger partial charge in [0.25, 0.3) is 11.2 Å². The molecular formula is C18H13N5O3S. The SMILES string of the molecule is O=c1[nH]c(SCc2ccccc2[N+](=O)[O-])nc2c1cnn2-c1ccccc1. The highest BCUT2D eigenvalue weighted by atomic mass is 32.2. The highest BCUT2D eigenvalue weighted by Crippen LogP contribution is 2.26. The maximum absolute atomic E-state index is 12.4. The molecule has 0 bridgehead atoms. The van der Waals surface area contributed by atoms with Crippen LogP contribution in [0.2, 0.25) is 0 Å². The first kappa shape index (κ1) is 17.0. The minimum atomic E-state index is -0.417. The molecule has 134 valence electrons. The third-order valence-electron chi connectivity index (χ3n) is 3.97. The average Bonchev–Trinajstić information content (AvgIpc) is 3.12. The molecule has 0 unspecified atom stereocenters. The molecule has 2 aromatic heterocycles. The number of nitrogens with zero attached hydrogens (tertiary/aromatic N) is 4. The summed E-state index contributed by atoms with van der Waals surface area (Å²) in [7, 11) is 0. The minimum Gasteiger partial charge on any atom is -0.301 e. The number of benzene rings is 2. The van der Waals surface area contributed by atoms with E-state index in [0.29, 0.717) is 27.5 Å². The lowest BCUT2D eigenvalue weighted by atomic mass is 10.2. The van der Waals surface area contributed by atoms with Crippen molar-refractivity contribution in [3.63, 3.8) is 0 Å². The predicted octanol–water partition coefficient (Wildman–Crippen LogP) is 3.31. The van der Waals surface area contributed by atoms with E-state index in [1.54, 1.807) is 22.9 Å². The van der Waals surface area contributed by atoms with Crippen LogP contribution in [0.4, 0.5) is 5.69 Å². The second kappa shape index (κ2) is 7.04. The standard InChI is InChI=1S/C18H13N5O3S/c24-17-14-10-19-22(13-7-2-1-3-8-13)16(14)20-18(21-17)27-11-12-6-4-5-9-15(12)23(25)26/h1-10H,11H2,(H,20,21,24). The maximum atomic E-state index is 12.4. The van der Waals surface area contributed by atoms with E-state index >= 15 is 0 Å². The number of thioether (sulfide) groups is 1. The predicted molar refractivity (Wildman–Crippen MR) is 102 cm³/mol. The molecule has 0 amide bonds. The Morgan fingerprint density at radius 3 is 2.63 bits per heavy atom. The monoisotopic (exact) mass is 379 g/mol. The second-order valence-electron chi connectivity index (χ2n) is 5.67. The van der Waals surface area contributed by atoms with Crippen LogP contribution in [-0.4, -0.2) is 24.7 Å². The van der Waals surface area contributed by atoms with Crippen molar-refractivity contribution in [2.45, 2.75) is 10.9 Å². The molecule has 4 rings (SSSR count). The van der Waals surface area contributed by atoms with E-state index in [1.807, 2.05) is 30.3 Å². The van der Waals surface area contributed by atoms with Gasteiger partial charge in [0.05, 0.1) is 16.8 Å². The van der Waals surface area contributed by atoms with Crippen LogP contribution < -0.4 is 5.56 Å². The van der Waals surface area contributed by atoms with Crippen LogP contribution in [-0.2, 0) is 5.75 Å². The Kier molecular flexibility index (Phi) is 4.43. The van der Waals surface area contributed by atoms with E-state index < -0.39 is 4.92 Å². The Labute approximate surface area is 157 Å². The summed E-state index contributed by atoms with van der Waals surface area (Å²) in [5, 5.41) is 16.2. The number of aromatic amines is 1. The van der Waals surface area contributed by atoms with Gasteiger partial charge in [-0.15, -0.1) is 0 Å². The van der Waals surface area contributed by atoms with Gasteiger partial charge in [-0.05, 0) is 12.1 Å². The van der Waals surface area contributed by atoms with E-state index in [-0.39, 0.29) is 11.2 Å². The van der Waals surface area contributed by atoms with E-state index in [9.17, 15) is 14.9 Å². The first-order valence-corrected chi connectivity index (χ1v) is 9.00. The number of hydrogen-bond donors (Lipinski definition) is 1. The molecule has 0 aliphatic carbocycles. The largest absolute Gasteiger partial charge is 0.301 e. The Hall–Kier alpha value is -3.46. The highest BCUT2D eigenvalue weighted by molar-refractivity contribution is 7.98. The Morgan fingerprint density at radius 1 is 1.11 bits per heavy atom. The topological polar surface area (TPSA) is 107 Å². The van der Waals surface area contributed by atoms with Crippen molar-refractivity contribution in [1.82, 2.24) is 19.7 Å². The fourth-order valence-corrected chi connectivity index (χ4v) is 3.53. The van der Waals surface area contributed by atoms with E-state index in [0.717, 1.165) is 5.69 Å². The van der Waals surface area contributed by atoms with Crippen molar-refractivity contribution in [3.8, 4) is 5.69 Å². The maximum Gasteiger partial charge on any atom is 0.273 e. The van der Waals surface area contributed by atoms with Crippen molar-refractivity contribution in [3.05, 3.63) is 86.8 Å². The fourth-order valence-electron chi connectivity index (χ4n) is 2.68. The molecule has 0 saturated carbocycles. The average molecular weight is 379 g/mol. The lowest BCUT2D eigenvalue weighted by Crippen LogP contribution is -2.09. The number of nitrogens with one attached hydrogen (secondary N) is 1. The van der Waals surface area contributed by atoms with Crippen molar-refractivity contribution >= 4 is 28.5 Å². The highest BCUT2D eigenvalue weighted by Gasteiger charge is 2.15. The van der Waals surface area contributed by atoms with Gasteiger partial charge in [0.2, 0.25) is 0 Å². The number of rotatable bonds is 5. The second-order valence-corrected chi connectivity index (χ2v) is 6.64. The number of nitro benzene ring substituents is 1. The van der Waals surface area contributed by atoms with Crippen LogP contribution in [0.3, 0.4) is 0 Å². The summed E-state index contributed by atoms with van der Waals surface area (Å²) in [6.07, 6.45) is 1.48. The van der Waals surface area contributed by atoms with Crippen LogP contribution in [0, 0.1) is 10.1 Å². The minimum absolute atomic E-state index is 0.0442. The van der Waals surface area contributed by atoms with Crippen LogP contribution >= 0.6 is 11.8 Å². The summed E-state index contributed by atoms with van der Waals surface area (Å²) in [6.45, 7) is 0. The number of nitro groups is 1. The number of H-pyrrole nitrogens is 1. The van der Waals surface area contributed by atoms with Gasteiger partial charge in [0, 0.05) is 17.4 Å². The number of hydrogen-bond acceptors (Lipinski definition) is 6. The molecule has 0 aliphatic rings. The molecule has 2 heterocycles. The number of para-hydroxylation sites is 2. The van der Waals surface area contributed by atoms with Gasteiger partial charge >= 0.3 is 0 Å². The smallest absolute Gasteiger partial charge is 0.273 e. The summed E-state index contributed by atoms with van der Waals surface area (Å²) in [5.41, 5.74) is 1.54. The molecule has 0 radical (unpaired) electrons. The molecular weight excluding hydrogens is 366 g/mol. The zero-order chi connectivity index (χ0) is 18.8. The van der Waals surface area contributed by atoms with Gasteiger partial charge < -0.3 is 4.98 Å². The Bertz CT molecular complexity index is 1190. The summed E-state index contributed by atoms with van der Waals surface area (Å²) in [5.74, 6) is 0.311. The first-order valence-electron chi connectivity index (χ1n) is 8.02. The van der Waals surface area contributed by atoms with Crippen molar-refractivity contribution in [2.75, 3.05) is 0 Å². The van der Waals surface area contributed by atoms with Crippen molar-refractivity contribution in [1.29, 1.82) is 0 Å². The molecule has 8 nitrogen and oxygen atoms in total. The summed E-state index contributed by atoms with van der Waals surface area (Å²) in [4.78, 5) is 30.3. The van der Waals surface area contributed by atoms with Gasteiger partial charge in [-0.1, -0.05) is 48.2 Å².